The molecule has 3 aromatic rings. The lowest BCUT2D eigenvalue weighted by atomic mass is 10.1. The van der Waals surface area contributed by atoms with Gasteiger partial charge in [0.2, 0.25) is 0 Å². The molecular weight excluding hydrogens is 384 g/mol. The van der Waals surface area contributed by atoms with Crippen molar-refractivity contribution in [2.75, 3.05) is 5.32 Å². The van der Waals surface area contributed by atoms with Crippen molar-refractivity contribution in [3.8, 4) is 0 Å². The molecule has 0 radical (unpaired) electrons. The van der Waals surface area contributed by atoms with E-state index in [9.17, 15) is 14.4 Å². The number of carbonyl (C=O) groups excluding carboxylic acids is 3. The number of rotatable bonds is 8. The molecule has 154 valence electrons. The molecule has 0 saturated heterocycles. The Morgan fingerprint density at radius 3 is 2.23 bits per heavy atom. The Morgan fingerprint density at radius 2 is 1.60 bits per heavy atom. The van der Waals surface area contributed by atoms with Gasteiger partial charge in [-0.25, -0.2) is 4.79 Å². The van der Waals surface area contributed by atoms with Crippen LogP contribution in [0.15, 0.2) is 83.5 Å². The quantitative estimate of drug-likeness (QED) is 0.560. The summed E-state index contributed by atoms with van der Waals surface area (Å²) in [7, 11) is 0. The average Bonchev–Trinajstić information content (AvgIpc) is 3.30. The first-order valence-electron chi connectivity index (χ1n) is 9.47. The first-order valence-corrected chi connectivity index (χ1v) is 9.47. The second-order valence-corrected chi connectivity index (χ2v) is 6.63. The monoisotopic (exact) mass is 406 g/mol. The predicted molar refractivity (Wildman–Crippen MR) is 111 cm³/mol. The number of esters is 1. The molecule has 2 amide bonds. The van der Waals surface area contributed by atoms with E-state index in [-0.39, 0.29) is 12.2 Å². The van der Waals surface area contributed by atoms with Gasteiger partial charge < -0.3 is 19.8 Å². The first kappa shape index (κ1) is 20.9. The minimum atomic E-state index is -1.04. The molecule has 2 N–H and O–H groups in total. The second kappa shape index (κ2) is 10.1. The minimum Gasteiger partial charge on any atom is -0.459 e. The van der Waals surface area contributed by atoms with Crippen molar-refractivity contribution in [1.29, 1.82) is 0 Å². The number of hydrogen-bond acceptors (Lipinski definition) is 5. The number of nitrogens with one attached hydrogen (secondary N) is 2. The summed E-state index contributed by atoms with van der Waals surface area (Å²) in [6, 6.07) is 20.1. The third kappa shape index (κ3) is 5.81. The average molecular weight is 406 g/mol. The van der Waals surface area contributed by atoms with Crippen LogP contribution in [-0.4, -0.2) is 29.9 Å². The van der Waals surface area contributed by atoms with Crippen molar-refractivity contribution in [2.45, 2.75) is 25.5 Å². The van der Waals surface area contributed by atoms with Crippen molar-refractivity contribution in [1.82, 2.24) is 5.32 Å². The van der Waals surface area contributed by atoms with E-state index in [4.69, 9.17) is 9.15 Å². The topological polar surface area (TPSA) is 97.6 Å². The van der Waals surface area contributed by atoms with E-state index in [2.05, 4.69) is 10.6 Å². The van der Waals surface area contributed by atoms with Gasteiger partial charge in [-0.2, -0.15) is 0 Å². The Balaban J connectivity index is 1.67. The number of amides is 2. The lowest BCUT2D eigenvalue weighted by Crippen LogP contribution is -2.45. The molecule has 2 atom stereocenters. The van der Waals surface area contributed by atoms with Gasteiger partial charge in [-0.3, -0.25) is 9.59 Å². The molecule has 30 heavy (non-hydrogen) atoms. The number of ether oxygens (including phenoxy) is 1. The SMILES string of the molecule is C[C@@H](OC(=O)[C@H](Cc1ccccc1)NC(=O)c1ccco1)C(=O)Nc1ccccc1. The van der Waals surface area contributed by atoms with Gasteiger partial charge in [-0.1, -0.05) is 48.5 Å². The van der Waals surface area contributed by atoms with E-state index < -0.39 is 29.9 Å². The van der Waals surface area contributed by atoms with Gasteiger partial charge in [0.25, 0.3) is 11.8 Å². The summed E-state index contributed by atoms with van der Waals surface area (Å²) in [5.74, 6) is -1.64. The van der Waals surface area contributed by atoms with Crippen molar-refractivity contribution in [2.24, 2.45) is 0 Å². The molecule has 0 saturated carbocycles. The fourth-order valence-electron chi connectivity index (χ4n) is 2.76. The summed E-state index contributed by atoms with van der Waals surface area (Å²) in [6.45, 7) is 1.48. The lowest BCUT2D eigenvalue weighted by molar-refractivity contribution is -0.155. The van der Waals surface area contributed by atoms with Crippen LogP contribution >= 0.6 is 0 Å². The molecule has 3 rings (SSSR count). The highest BCUT2D eigenvalue weighted by atomic mass is 16.5. The van der Waals surface area contributed by atoms with Crippen LogP contribution in [0.5, 0.6) is 0 Å². The third-order valence-electron chi connectivity index (χ3n) is 4.32. The Morgan fingerprint density at radius 1 is 0.933 bits per heavy atom. The van der Waals surface area contributed by atoms with Gasteiger partial charge in [0.1, 0.15) is 6.04 Å². The highest BCUT2D eigenvalue weighted by Gasteiger charge is 2.28. The van der Waals surface area contributed by atoms with Crippen molar-refractivity contribution >= 4 is 23.5 Å². The molecule has 0 aliphatic heterocycles. The zero-order valence-electron chi connectivity index (χ0n) is 16.4. The summed E-state index contributed by atoms with van der Waals surface area (Å²) < 4.78 is 10.4. The number of benzene rings is 2. The van der Waals surface area contributed by atoms with E-state index in [0.29, 0.717) is 5.69 Å². The fraction of sp³-hybridized carbons (Fsp3) is 0.174. The predicted octanol–water partition coefficient (Wildman–Crippen LogP) is 3.19. The largest absolute Gasteiger partial charge is 0.459 e. The highest BCUT2D eigenvalue weighted by molar-refractivity contribution is 5.97. The lowest BCUT2D eigenvalue weighted by Gasteiger charge is -2.20. The summed E-state index contributed by atoms with van der Waals surface area (Å²) in [5, 5.41) is 5.30. The second-order valence-electron chi connectivity index (χ2n) is 6.63. The maximum absolute atomic E-state index is 12.8. The number of hydrogen-bond donors (Lipinski definition) is 2. The van der Waals surface area contributed by atoms with Gasteiger partial charge in [0.15, 0.2) is 11.9 Å². The van der Waals surface area contributed by atoms with Crippen LogP contribution in [0.4, 0.5) is 5.69 Å². The molecule has 0 aliphatic carbocycles. The molecular formula is C23H22N2O5. The zero-order valence-corrected chi connectivity index (χ0v) is 16.4. The summed E-state index contributed by atoms with van der Waals surface area (Å²) in [5.41, 5.74) is 1.43. The van der Waals surface area contributed by atoms with Crippen molar-refractivity contribution < 1.29 is 23.5 Å². The molecule has 0 aliphatic rings. The molecule has 2 aromatic carbocycles. The first-order chi connectivity index (χ1) is 14.5. The van der Waals surface area contributed by atoms with Crippen LogP contribution < -0.4 is 10.6 Å². The van der Waals surface area contributed by atoms with Gasteiger partial charge >= 0.3 is 5.97 Å². The van der Waals surface area contributed by atoms with E-state index in [0.717, 1.165) is 5.56 Å². The van der Waals surface area contributed by atoms with Gasteiger partial charge in [0.05, 0.1) is 6.26 Å². The Kier molecular flexibility index (Phi) is 7.00. The van der Waals surface area contributed by atoms with Gasteiger partial charge in [-0.15, -0.1) is 0 Å². The van der Waals surface area contributed by atoms with E-state index in [1.807, 2.05) is 36.4 Å². The van der Waals surface area contributed by atoms with Crippen LogP contribution in [0.1, 0.15) is 23.0 Å². The maximum atomic E-state index is 12.8. The molecule has 0 bridgehead atoms. The van der Waals surface area contributed by atoms with Gasteiger partial charge in [-0.05, 0) is 36.8 Å². The van der Waals surface area contributed by atoms with E-state index in [1.54, 1.807) is 30.3 Å². The van der Waals surface area contributed by atoms with Crippen LogP contribution in [0, 0.1) is 0 Å². The van der Waals surface area contributed by atoms with Crippen LogP contribution in [0.2, 0.25) is 0 Å². The Hall–Kier alpha value is -3.87. The van der Waals surface area contributed by atoms with E-state index >= 15 is 0 Å². The molecule has 7 nitrogen and oxygen atoms in total. The fourth-order valence-corrected chi connectivity index (χ4v) is 2.76. The van der Waals surface area contributed by atoms with Crippen LogP contribution in [0.3, 0.4) is 0 Å². The Labute approximate surface area is 174 Å². The summed E-state index contributed by atoms with van der Waals surface area (Å²) in [6.07, 6.45) is 0.533. The minimum absolute atomic E-state index is 0.0794. The number of para-hydroxylation sites is 1. The highest BCUT2D eigenvalue weighted by Crippen LogP contribution is 2.10. The molecule has 1 heterocycles. The number of anilines is 1. The molecule has 0 fully saturated rings. The summed E-state index contributed by atoms with van der Waals surface area (Å²) in [4.78, 5) is 37.5. The smallest absolute Gasteiger partial charge is 0.329 e. The molecule has 0 unspecified atom stereocenters. The van der Waals surface area contributed by atoms with E-state index in [1.165, 1.54) is 19.3 Å². The zero-order chi connectivity index (χ0) is 21.3. The number of furan rings is 1. The molecule has 7 heteroatoms. The molecule has 0 spiro atoms. The molecule has 1 aromatic heterocycles. The summed E-state index contributed by atoms with van der Waals surface area (Å²) >= 11 is 0. The Bertz CT molecular complexity index is 971. The number of carbonyl (C=O) groups is 3. The standard InChI is InChI=1S/C23H22N2O5/c1-16(21(26)24-18-11-6-3-7-12-18)30-23(28)19(15-17-9-4-2-5-10-17)25-22(27)20-13-8-14-29-20/h2-14,16,19H,15H2,1H3,(H,24,26)(H,25,27)/t16-,19+/m1/s1. The van der Waals surface area contributed by atoms with Crippen molar-refractivity contribution in [3.63, 3.8) is 0 Å². The van der Waals surface area contributed by atoms with Crippen LogP contribution in [0.25, 0.3) is 0 Å². The third-order valence-corrected chi connectivity index (χ3v) is 4.32. The van der Waals surface area contributed by atoms with Gasteiger partial charge in [0, 0.05) is 12.1 Å². The van der Waals surface area contributed by atoms with Crippen LogP contribution in [-0.2, 0) is 20.7 Å². The maximum Gasteiger partial charge on any atom is 0.329 e. The van der Waals surface area contributed by atoms with Crippen molar-refractivity contribution in [3.05, 3.63) is 90.4 Å². The normalized spacial score (nSPS) is 12.4.